The van der Waals surface area contributed by atoms with Crippen LogP contribution in [0.15, 0.2) is 42.5 Å². The van der Waals surface area contributed by atoms with E-state index in [0.29, 0.717) is 10.7 Å². The standard InChI is InChI=1S/C19H22ClN3O/c1-14-4-5-16(12-18(14)20)22-19(24)13-21-15-6-8-17(9-7-15)23-10-2-3-11-23/h4-9,12,21H,2-3,10-11,13H2,1H3,(H,22,24). The molecule has 1 heterocycles. The molecule has 1 aliphatic heterocycles. The van der Waals surface area contributed by atoms with Gasteiger partial charge in [-0.05, 0) is 61.7 Å². The van der Waals surface area contributed by atoms with Gasteiger partial charge in [-0.2, -0.15) is 0 Å². The second-order valence-corrected chi connectivity index (χ2v) is 6.51. The van der Waals surface area contributed by atoms with Crippen molar-refractivity contribution in [3.05, 3.63) is 53.1 Å². The number of aryl methyl sites for hydroxylation is 1. The van der Waals surface area contributed by atoms with Crippen LogP contribution in [-0.2, 0) is 4.79 Å². The number of halogens is 1. The number of hydrogen-bond acceptors (Lipinski definition) is 3. The summed E-state index contributed by atoms with van der Waals surface area (Å²) in [6.07, 6.45) is 2.53. The molecule has 126 valence electrons. The van der Waals surface area contributed by atoms with Crippen molar-refractivity contribution in [2.24, 2.45) is 0 Å². The summed E-state index contributed by atoms with van der Waals surface area (Å²) in [7, 11) is 0. The number of rotatable bonds is 5. The van der Waals surface area contributed by atoms with Crippen LogP contribution in [0.2, 0.25) is 5.02 Å². The Labute approximate surface area is 147 Å². The Hall–Kier alpha value is -2.20. The molecule has 1 amide bonds. The van der Waals surface area contributed by atoms with Crippen LogP contribution < -0.4 is 15.5 Å². The zero-order chi connectivity index (χ0) is 16.9. The third-order valence-corrected chi connectivity index (χ3v) is 4.65. The first kappa shape index (κ1) is 16.7. The molecular weight excluding hydrogens is 322 g/mol. The predicted molar refractivity (Wildman–Crippen MR) is 101 cm³/mol. The van der Waals surface area contributed by atoms with E-state index in [1.165, 1.54) is 18.5 Å². The van der Waals surface area contributed by atoms with Crippen molar-refractivity contribution in [1.29, 1.82) is 0 Å². The van der Waals surface area contributed by atoms with Crippen molar-refractivity contribution in [2.45, 2.75) is 19.8 Å². The van der Waals surface area contributed by atoms with E-state index in [-0.39, 0.29) is 12.5 Å². The third kappa shape index (κ3) is 4.20. The van der Waals surface area contributed by atoms with E-state index >= 15 is 0 Å². The number of carbonyl (C=O) groups excluding carboxylic acids is 1. The maximum atomic E-state index is 12.0. The summed E-state index contributed by atoms with van der Waals surface area (Å²) in [4.78, 5) is 14.4. The number of anilines is 3. The van der Waals surface area contributed by atoms with Crippen molar-refractivity contribution in [3.63, 3.8) is 0 Å². The molecule has 24 heavy (non-hydrogen) atoms. The molecule has 2 N–H and O–H groups in total. The molecule has 5 heteroatoms. The molecular formula is C19H22ClN3O. The van der Waals surface area contributed by atoms with E-state index < -0.39 is 0 Å². The lowest BCUT2D eigenvalue weighted by Gasteiger charge is -2.18. The highest BCUT2D eigenvalue weighted by molar-refractivity contribution is 6.31. The van der Waals surface area contributed by atoms with E-state index in [0.717, 1.165) is 24.3 Å². The molecule has 1 aliphatic rings. The second kappa shape index (κ2) is 7.58. The van der Waals surface area contributed by atoms with Gasteiger partial charge in [0.05, 0.1) is 6.54 Å². The van der Waals surface area contributed by atoms with Gasteiger partial charge in [0, 0.05) is 35.2 Å². The highest BCUT2D eigenvalue weighted by atomic mass is 35.5. The minimum atomic E-state index is -0.0986. The topological polar surface area (TPSA) is 44.4 Å². The molecule has 1 fully saturated rings. The van der Waals surface area contributed by atoms with Crippen LogP contribution in [0.3, 0.4) is 0 Å². The van der Waals surface area contributed by atoms with Crippen molar-refractivity contribution in [1.82, 2.24) is 0 Å². The largest absolute Gasteiger partial charge is 0.376 e. The lowest BCUT2D eigenvalue weighted by molar-refractivity contribution is -0.114. The molecule has 2 aromatic rings. The molecule has 0 radical (unpaired) electrons. The van der Waals surface area contributed by atoms with Crippen molar-refractivity contribution < 1.29 is 4.79 Å². The van der Waals surface area contributed by atoms with Gasteiger partial charge in [-0.3, -0.25) is 4.79 Å². The molecule has 2 aromatic carbocycles. The van der Waals surface area contributed by atoms with Gasteiger partial charge >= 0.3 is 0 Å². The molecule has 0 aromatic heterocycles. The van der Waals surface area contributed by atoms with Crippen LogP contribution in [0.4, 0.5) is 17.1 Å². The Kier molecular flexibility index (Phi) is 5.26. The Morgan fingerprint density at radius 2 is 1.75 bits per heavy atom. The van der Waals surface area contributed by atoms with Crippen LogP contribution in [-0.4, -0.2) is 25.5 Å². The molecule has 0 atom stereocenters. The van der Waals surface area contributed by atoms with Crippen molar-refractivity contribution in [2.75, 3.05) is 35.2 Å². The van der Waals surface area contributed by atoms with Gasteiger partial charge in [-0.25, -0.2) is 0 Å². The van der Waals surface area contributed by atoms with Gasteiger partial charge < -0.3 is 15.5 Å². The average Bonchev–Trinajstić information content (AvgIpc) is 3.11. The normalized spacial score (nSPS) is 13.8. The molecule has 0 saturated carbocycles. The minimum Gasteiger partial charge on any atom is -0.376 e. The van der Waals surface area contributed by atoms with Crippen LogP contribution >= 0.6 is 11.6 Å². The highest BCUT2D eigenvalue weighted by Gasteiger charge is 2.11. The van der Waals surface area contributed by atoms with Crippen molar-refractivity contribution >= 4 is 34.6 Å². The average molecular weight is 344 g/mol. The van der Waals surface area contributed by atoms with Crippen LogP contribution in [0, 0.1) is 6.92 Å². The Morgan fingerprint density at radius 1 is 1.08 bits per heavy atom. The SMILES string of the molecule is Cc1ccc(NC(=O)CNc2ccc(N3CCCC3)cc2)cc1Cl. The van der Waals surface area contributed by atoms with E-state index in [4.69, 9.17) is 11.6 Å². The van der Waals surface area contributed by atoms with Gasteiger partial charge in [0.2, 0.25) is 5.91 Å². The Balaban J connectivity index is 1.51. The first-order chi connectivity index (χ1) is 11.6. The zero-order valence-corrected chi connectivity index (χ0v) is 14.6. The van der Waals surface area contributed by atoms with E-state index in [2.05, 4.69) is 27.7 Å². The van der Waals surface area contributed by atoms with Gasteiger partial charge in [0.25, 0.3) is 0 Å². The molecule has 4 nitrogen and oxygen atoms in total. The van der Waals surface area contributed by atoms with Crippen LogP contribution in [0.5, 0.6) is 0 Å². The lowest BCUT2D eigenvalue weighted by atomic mass is 10.2. The first-order valence-corrected chi connectivity index (χ1v) is 8.64. The smallest absolute Gasteiger partial charge is 0.243 e. The zero-order valence-electron chi connectivity index (χ0n) is 13.8. The van der Waals surface area contributed by atoms with Crippen LogP contribution in [0.1, 0.15) is 18.4 Å². The minimum absolute atomic E-state index is 0.0986. The first-order valence-electron chi connectivity index (χ1n) is 8.27. The van der Waals surface area contributed by atoms with Gasteiger partial charge in [-0.15, -0.1) is 0 Å². The Bertz CT molecular complexity index is 709. The molecule has 0 bridgehead atoms. The summed E-state index contributed by atoms with van der Waals surface area (Å²) in [5.41, 5.74) is 3.89. The maximum Gasteiger partial charge on any atom is 0.243 e. The maximum absolute atomic E-state index is 12.0. The number of carbonyl (C=O) groups is 1. The van der Waals surface area contributed by atoms with E-state index in [1.54, 1.807) is 6.07 Å². The molecule has 0 spiro atoms. The summed E-state index contributed by atoms with van der Waals surface area (Å²) in [5.74, 6) is -0.0986. The fraction of sp³-hybridized carbons (Fsp3) is 0.316. The third-order valence-electron chi connectivity index (χ3n) is 4.25. The monoisotopic (exact) mass is 343 g/mol. The number of benzene rings is 2. The second-order valence-electron chi connectivity index (χ2n) is 6.11. The number of nitrogens with one attached hydrogen (secondary N) is 2. The fourth-order valence-electron chi connectivity index (χ4n) is 2.82. The Morgan fingerprint density at radius 3 is 2.42 bits per heavy atom. The van der Waals surface area contributed by atoms with Gasteiger partial charge in [-0.1, -0.05) is 17.7 Å². The summed E-state index contributed by atoms with van der Waals surface area (Å²) in [5, 5.41) is 6.64. The quantitative estimate of drug-likeness (QED) is 0.850. The molecule has 3 rings (SSSR count). The number of amides is 1. The molecule has 0 aliphatic carbocycles. The molecule has 0 unspecified atom stereocenters. The predicted octanol–water partition coefficient (Wildman–Crippen LogP) is 4.30. The van der Waals surface area contributed by atoms with Crippen LogP contribution in [0.25, 0.3) is 0 Å². The number of hydrogen-bond donors (Lipinski definition) is 2. The lowest BCUT2D eigenvalue weighted by Crippen LogP contribution is -2.22. The van der Waals surface area contributed by atoms with E-state index in [1.807, 2.05) is 31.2 Å². The van der Waals surface area contributed by atoms with Gasteiger partial charge in [0.15, 0.2) is 0 Å². The van der Waals surface area contributed by atoms with Gasteiger partial charge in [0.1, 0.15) is 0 Å². The summed E-state index contributed by atoms with van der Waals surface area (Å²) in [6, 6.07) is 13.7. The van der Waals surface area contributed by atoms with Crippen molar-refractivity contribution in [3.8, 4) is 0 Å². The fourth-order valence-corrected chi connectivity index (χ4v) is 3.00. The molecule has 1 saturated heterocycles. The summed E-state index contributed by atoms with van der Waals surface area (Å²) in [6.45, 7) is 4.42. The highest BCUT2D eigenvalue weighted by Crippen LogP contribution is 2.22. The van der Waals surface area contributed by atoms with E-state index in [9.17, 15) is 4.79 Å². The summed E-state index contributed by atoms with van der Waals surface area (Å²) >= 11 is 6.07. The number of nitrogens with zero attached hydrogens (tertiary/aromatic N) is 1. The summed E-state index contributed by atoms with van der Waals surface area (Å²) < 4.78 is 0.